The molecule has 0 radical (unpaired) electrons. The quantitative estimate of drug-likeness (QED) is 0.880. The fourth-order valence-electron chi connectivity index (χ4n) is 2.50. The third-order valence-electron chi connectivity index (χ3n) is 3.88. The first-order valence-corrected chi connectivity index (χ1v) is 9.30. The number of nitrogens with zero attached hydrogens (tertiary/aromatic N) is 1. The van der Waals surface area contributed by atoms with E-state index in [1.165, 1.54) is 24.3 Å². The number of ether oxygens (including phenoxy) is 1. The molecule has 0 unspecified atom stereocenters. The van der Waals surface area contributed by atoms with Gasteiger partial charge in [-0.2, -0.15) is 0 Å². The van der Waals surface area contributed by atoms with Crippen LogP contribution in [0.2, 0.25) is 0 Å². The molecule has 9 heteroatoms. The molecule has 0 aromatic heterocycles. The maximum absolute atomic E-state index is 13.2. The topological polar surface area (TPSA) is 75.7 Å². The third kappa shape index (κ3) is 4.00. The van der Waals surface area contributed by atoms with E-state index in [4.69, 9.17) is 4.74 Å². The lowest BCUT2D eigenvalue weighted by Gasteiger charge is -2.26. The summed E-state index contributed by atoms with van der Waals surface area (Å²) in [5.41, 5.74) is 0.260. The van der Waals surface area contributed by atoms with E-state index in [0.717, 1.165) is 18.2 Å². The molecule has 0 atom stereocenters. The highest BCUT2D eigenvalue weighted by Gasteiger charge is 2.20. The van der Waals surface area contributed by atoms with Gasteiger partial charge < -0.3 is 9.64 Å². The van der Waals surface area contributed by atoms with Gasteiger partial charge in [0.2, 0.25) is 0 Å². The summed E-state index contributed by atoms with van der Waals surface area (Å²) >= 11 is 0. The van der Waals surface area contributed by atoms with Crippen molar-refractivity contribution in [3.63, 3.8) is 0 Å². The van der Waals surface area contributed by atoms with Crippen molar-refractivity contribution in [2.24, 2.45) is 0 Å². The van der Waals surface area contributed by atoms with Gasteiger partial charge in [0, 0.05) is 24.7 Å². The van der Waals surface area contributed by atoms with Crippen LogP contribution < -0.4 is 4.72 Å². The maximum atomic E-state index is 13.2. The number of sulfonamides is 1. The zero-order valence-electron chi connectivity index (χ0n) is 13.6. The number of anilines is 1. The zero-order valence-corrected chi connectivity index (χ0v) is 14.4. The van der Waals surface area contributed by atoms with Crippen molar-refractivity contribution in [2.45, 2.75) is 4.90 Å². The highest BCUT2D eigenvalue weighted by atomic mass is 32.2. The van der Waals surface area contributed by atoms with E-state index in [9.17, 15) is 22.0 Å². The number of hydrogen-bond acceptors (Lipinski definition) is 4. The Hall–Kier alpha value is -2.52. The molecule has 1 N–H and O–H groups in total. The van der Waals surface area contributed by atoms with Crippen molar-refractivity contribution in [1.82, 2.24) is 4.90 Å². The second kappa shape index (κ2) is 7.38. The molecule has 1 aliphatic rings. The Morgan fingerprint density at radius 2 is 1.65 bits per heavy atom. The van der Waals surface area contributed by atoms with Crippen molar-refractivity contribution >= 4 is 21.6 Å². The predicted molar refractivity (Wildman–Crippen MR) is 90.3 cm³/mol. The van der Waals surface area contributed by atoms with Crippen molar-refractivity contribution in [2.75, 3.05) is 31.0 Å². The highest BCUT2D eigenvalue weighted by Crippen LogP contribution is 2.19. The molecule has 0 spiro atoms. The number of carbonyl (C=O) groups is 1. The van der Waals surface area contributed by atoms with Gasteiger partial charge in [0.15, 0.2) is 11.6 Å². The minimum absolute atomic E-state index is 0.0965. The third-order valence-corrected chi connectivity index (χ3v) is 5.28. The fourth-order valence-corrected chi connectivity index (χ4v) is 3.55. The first kappa shape index (κ1) is 18.3. The van der Waals surface area contributed by atoms with E-state index >= 15 is 0 Å². The van der Waals surface area contributed by atoms with Gasteiger partial charge in [0.05, 0.1) is 23.8 Å². The summed E-state index contributed by atoms with van der Waals surface area (Å²) < 4.78 is 58.2. The lowest BCUT2D eigenvalue weighted by Crippen LogP contribution is -2.40. The van der Waals surface area contributed by atoms with Gasteiger partial charge in [-0.25, -0.2) is 17.2 Å². The van der Waals surface area contributed by atoms with Crippen molar-refractivity contribution < 1.29 is 26.7 Å². The van der Waals surface area contributed by atoms with Crippen molar-refractivity contribution in [3.8, 4) is 0 Å². The summed E-state index contributed by atoms with van der Waals surface area (Å²) in [4.78, 5) is 13.9. The summed E-state index contributed by atoms with van der Waals surface area (Å²) in [5, 5.41) is 0. The minimum Gasteiger partial charge on any atom is -0.378 e. The van der Waals surface area contributed by atoms with Crippen LogP contribution in [0.3, 0.4) is 0 Å². The van der Waals surface area contributed by atoms with E-state index in [2.05, 4.69) is 4.72 Å². The van der Waals surface area contributed by atoms with Crippen LogP contribution in [0.15, 0.2) is 47.4 Å². The Balaban J connectivity index is 1.76. The van der Waals surface area contributed by atoms with Crippen LogP contribution in [0.5, 0.6) is 0 Å². The normalized spacial score (nSPS) is 14.9. The van der Waals surface area contributed by atoms with Crippen LogP contribution in [-0.4, -0.2) is 45.5 Å². The van der Waals surface area contributed by atoms with Gasteiger partial charge in [-0.05, 0) is 36.4 Å². The smallest absolute Gasteiger partial charge is 0.261 e. The zero-order chi connectivity index (χ0) is 18.7. The van der Waals surface area contributed by atoms with Gasteiger partial charge in [0.25, 0.3) is 15.9 Å². The Kier molecular flexibility index (Phi) is 5.19. The van der Waals surface area contributed by atoms with Crippen LogP contribution in [0.1, 0.15) is 10.4 Å². The second-order valence-corrected chi connectivity index (χ2v) is 7.35. The van der Waals surface area contributed by atoms with Gasteiger partial charge in [-0.1, -0.05) is 0 Å². The molecule has 2 aromatic carbocycles. The van der Waals surface area contributed by atoms with Gasteiger partial charge in [-0.3, -0.25) is 9.52 Å². The molecule has 2 aromatic rings. The molecule has 26 heavy (non-hydrogen) atoms. The number of nitrogens with one attached hydrogen (secondary N) is 1. The Morgan fingerprint density at radius 1 is 1.00 bits per heavy atom. The molecule has 138 valence electrons. The summed E-state index contributed by atoms with van der Waals surface area (Å²) in [5.74, 6) is -2.43. The minimum atomic E-state index is -3.99. The Morgan fingerprint density at radius 3 is 2.27 bits per heavy atom. The van der Waals surface area contributed by atoms with Crippen LogP contribution in [-0.2, 0) is 14.8 Å². The van der Waals surface area contributed by atoms with Gasteiger partial charge in [0.1, 0.15) is 0 Å². The SMILES string of the molecule is O=C(c1ccc(S(=O)(=O)Nc2ccc(F)c(F)c2)cc1)N1CCOCC1. The summed E-state index contributed by atoms with van der Waals surface area (Å²) in [6.45, 7) is 1.90. The fraction of sp³-hybridized carbons (Fsp3) is 0.235. The second-order valence-electron chi connectivity index (χ2n) is 5.66. The molecule has 1 fully saturated rings. The monoisotopic (exact) mass is 382 g/mol. The number of rotatable bonds is 4. The highest BCUT2D eigenvalue weighted by molar-refractivity contribution is 7.92. The van der Waals surface area contributed by atoms with Gasteiger partial charge >= 0.3 is 0 Å². The van der Waals surface area contributed by atoms with Crippen molar-refractivity contribution in [3.05, 3.63) is 59.7 Å². The molecule has 1 aliphatic heterocycles. The largest absolute Gasteiger partial charge is 0.378 e. The number of halogens is 2. The molecular formula is C17H16F2N2O4S. The summed E-state index contributed by atoms with van der Waals surface area (Å²) in [6.07, 6.45) is 0. The molecular weight excluding hydrogens is 366 g/mol. The molecule has 3 rings (SSSR count). The lowest BCUT2D eigenvalue weighted by atomic mass is 10.2. The summed E-state index contributed by atoms with van der Waals surface area (Å²) in [7, 11) is -3.99. The Labute approximate surface area is 149 Å². The molecule has 1 amide bonds. The predicted octanol–water partition coefficient (Wildman–Crippen LogP) is 2.24. The number of hydrogen-bond donors (Lipinski definition) is 1. The van der Waals surface area contributed by atoms with Crippen LogP contribution in [0, 0.1) is 11.6 Å². The number of benzene rings is 2. The van der Waals surface area contributed by atoms with Crippen molar-refractivity contribution in [1.29, 1.82) is 0 Å². The molecule has 0 saturated carbocycles. The molecule has 1 heterocycles. The van der Waals surface area contributed by atoms with E-state index in [0.29, 0.717) is 31.9 Å². The average Bonchev–Trinajstić information content (AvgIpc) is 2.65. The first-order chi connectivity index (χ1) is 12.4. The molecule has 6 nitrogen and oxygen atoms in total. The number of amides is 1. The van der Waals surface area contributed by atoms with E-state index in [-0.39, 0.29) is 16.5 Å². The molecule has 0 bridgehead atoms. The number of morpholine rings is 1. The maximum Gasteiger partial charge on any atom is 0.261 e. The van der Waals surface area contributed by atoms with E-state index < -0.39 is 21.7 Å². The average molecular weight is 382 g/mol. The lowest BCUT2D eigenvalue weighted by molar-refractivity contribution is 0.0303. The first-order valence-electron chi connectivity index (χ1n) is 7.82. The van der Waals surface area contributed by atoms with Crippen LogP contribution in [0.25, 0.3) is 0 Å². The summed E-state index contributed by atoms with van der Waals surface area (Å²) in [6, 6.07) is 8.10. The molecule has 0 aliphatic carbocycles. The Bertz CT molecular complexity index is 911. The van der Waals surface area contributed by atoms with Crippen LogP contribution in [0.4, 0.5) is 14.5 Å². The molecule has 1 saturated heterocycles. The van der Waals surface area contributed by atoms with Gasteiger partial charge in [-0.15, -0.1) is 0 Å². The number of carbonyl (C=O) groups excluding carboxylic acids is 1. The van der Waals surface area contributed by atoms with E-state index in [1.807, 2.05) is 0 Å². The van der Waals surface area contributed by atoms with E-state index in [1.54, 1.807) is 4.90 Å². The standard InChI is InChI=1S/C17H16F2N2O4S/c18-15-6-3-13(11-16(15)19)20-26(23,24)14-4-1-12(2-5-14)17(22)21-7-9-25-10-8-21/h1-6,11,20H,7-10H2. The van der Waals surface area contributed by atoms with Crippen LogP contribution >= 0.6 is 0 Å².